The van der Waals surface area contributed by atoms with Crippen molar-refractivity contribution in [1.82, 2.24) is 0 Å². The molecule has 0 bridgehead atoms. The third-order valence-electron chi connectivity index (χ3n) is 2.58. The summed E-state index contributed by atoms with van der Waals surface area (Å²) in [5.41, 5.74) is 0.672. The Morgan fingerprint density at radius 1 is 1.32 bits per heavy atom. The lowest BCUT2D eigenvalue weighted by Crippen LogP contribution is -2.19. The van der Waals surface area contributed by atoms with Crippen LogP contribution in [0.1, 0.15) is 27.2 Å². The number of thioether (sulfide) groups is 1. The van der Waals surface area contributed by atoms with Gasteiger partial charge in [-0.05, 0) is 18.6 Å². The molecule has 0 aliphatic carbocycles. The average molecular weight is 281 g/mol. The Morgan fingerprint density at radius 2 is 1.95 bits per heavy atom. The summed E-state index contributed by atoms with van der Waals surface area (Å²) >= 11 is 1.26. The van der Waals surface area contributed by atoms with Gasteiger partial charge in [0.05, 0.1) is 5.69 Å². The van der Waals surface area contributed by atoms with E-state index >= 15 is 0 Å². The molecule has 5 heteroatoms. The summed E-state index contributed by atoms with van der Waals surface area (Å²) < 4.78 is 0. The number of carbonyl (C=O) groups excluding carboxylic acids is 1. The van der Waals surface area contributed by atoms with Gasteiger partial charge in [0, 0.05) is 10.8 Å². The van der Waals surface area contributed by atoms with Crippen LogP contribution >= 0.6 is 11.8 Å². The fourth-order valence-electron chi connectivity index (χ4n) is 1.41. The Kier molecular flexibility index (Phi) is 5.89. The predicted molar refractivity (Wildman–Crippen MR) is 77.5 cm³/mol. The molecule has 2 N–H and O–H groups in total. The molecule has 19 heavy (non-hydrogen) atoms. The highest BCUT2D eigenvalue weighted by Crippen LogP contribution is 2.32. The molecule has 1 rings (SSSR count). The van der Waals surface area contributed by atoms with E-state index in [9.17, 15) is 9.59 Å². The monoisotopic (exact) mass is 281 g/mol. The smallest absolute Gasteiger partial charge is 0.316 e. The maximum atomic E-state index is 11.7. The number of rotatable bonds is 6. The molecule has 0 aromatic heterocycles. The Bertz CT molecular complexity index is 460. The number of carboxylic acid groups (broad SMARTS) is 1. The quantitative estimate of drug-likeness (QED) is 0.786. The van der Waals surface area contributed by atoms with Crippen LogP contribution < -0.4 is 5.32 Å². The zero-order valence-electron chi connectivity index (χ0n) is 11.3. The Balaban J connectivity index is 2.89. The minimum Gasteiger partial charge on any atom is -0.480 e. The molecule has 0 saturated heterocycles. The number of aliphatic carboxylic acids is 1. The van der Waals surface area contributed by atoms with Gasteiger partial charge in [0.25, 0.3) is 0 Å². The van der Waals surface area contributed by atoms with Crippen molar-refractivity contribution >= 4 is 29.3 Å². The summed E-state index contributed by atoms with van der Waals surface area (Å²) in [6.07, 6.45) is 0.534. The van der Waals surface area contributed by atoms with Gasteiger partial charge in [-0.2, -0.15) is 0 Å². The maximum absolute atomic E-state index is 11.7. The molecule has 4 nitrogen and oxygen atoms in total. The molecule has 0 spiro atoms. The summed E-state index contributed by atoms with van der Waals surface area (Å²) in [6, 6.07) is 7.27. The van der Waals surface area contributed by atoms with E-state index in [1.807, 2.05) is 39.0 Å². The highest BCUT2D eigenvalue weighted by Gasteiger charge is 2.19. The van der Waals surface area contributed by atoms with Crippen LogP contribution in [0.5, 0.6) is 0 Å². The van der Waals surface area contributed by atoms with Crippen molar-refractivity contribution in [1.29, 1.82) is 0 Å². The third kappa shape index (κ3) is 4.59. The molecule has 1 unspecified atom stereocenters. The molecule has 0 heterocycles. The number of carboxylic acids is 1. The second kappa shape index (κ2) is 7.19. The van der Waals surface area contributed by atoms with E-state index in [4.69, 9.17) is 5.11 Å². The first-order chi connectivity index (χ1) is 8.95. The molecule has 0 saturated carbocycles. The molecule has 0 aliphatic heterocycles. The number of benzene rings is 1. The lowest BCUT2D eigenvalue weighted by Gasteiger charge is -2.15. The van der Waals surface area contributed by atoms with Crippen molar-refractivity contribution in [2.24, 2.45) is 5.92 Å². The van der Waals surface area contributed by atoms with Crippen molar-refractivity contribution in [3.8, 4) is 0 Å². The Labute approximate surface area is 117 Å². The lowest BCUT2D eigenvalue weighted by atomic mass is 10.2. The van der Waals surface area contributed by atoms with Gasteiger partial charge in [-0.15, -0.1) is 11.8 Å². The number of hydrogen-bond donors (Lipinski definition) is 2. The Hall–Kier alpha value is -1.49. The highest BCUT2D eigenvalue weighted by molar-refractivity contribution is 8.00. The van der Waals surface area contributed by atoms with E-state index in [0.717, 1.165) is 4.90 Å². The molecule has 0 fully saturated rings. The van der Waals surface area contributed by atoms with Gasteiger partial charge in [-0.25, -0.2) is 0 Å². The molecule has 104 valence electrons. The van der Waals surface area contributed by atoms with Crippen molar-refractivity contribution in [3.05, 3.63) is 24.3 Å². The number of para-hydroxylation sites is 1. The lowest BCUT2D eigenvalue weighted by molar-refractivity contribution is -0.136. The highest BCUT2D eigenvalue weighted by atomic mass is 32.2. The van der Waals surface area contributed by atoms with E-state index in [2.05, 4.69) is 5.32 Å². The number of amides is 1. The Morgan fingerprint density at radius 3 is 2.47 bits per heavy atom. The van der Waals surface area contributed by atoms with E-state index in [0.29, 0.717) is 12.1 Å². The van der Waals surface area contributed by atoms with Crippen LogP contribution in [0.3, 0.4) is 0 Å². The number of carbonyl (C=O) groups is 2. The van der Waals surface area contributed by atoms with E-state index in [1.165, 1.54) is 11.8 Å². The number of hydrogen-bond acceptors (Lipinski definition) is 3. The largest absolute Gasteiger partial charge is 0.480 e. The predicted octanol–water partition coefficient (Wildman–Crippen LogP) is 3.24. The first kappa shape index (κ1) is 15.6. The van der Waals surface area contributed by atoms with E-state index in [-0.39, 0.29) is 11.8 Å². The minimum absolute atomic E-state index is 0.0728. The molecule has 1 aromatic rings. The summed E-state index contributed by atoms with van der Waals surface area (Å²) in [5, 5.41) is 11.4. The maximum Gasteiger partial charge on any atom is 0.316 e. The molecular weight excluding hydrogens is 262 g/mol. The summed E-state index contributed by atoms with van der Waals surface area (Å²) in [5.74, 6) is -1.02. The first-order valence-corrected chi connectivity index (χ1v) is 7.13. The van der Waals surface area contributed by atoms with Crippen LogP contribution in [-0.4, -0.2) is 22.2 Å². The molecule has 0 radical (unpaired) electrons. The summed E-state index contributed by atoms with van der Waals surface area (Å²) in [6.45, 7) is 5.47. The molecule has 0 aliphatic rings. The summed E-state index contributed by atoms with van der Waals surface area (Å²) in [4.78, 5) is 23.6. The molecular formula is C14H19NO3S. The van der Waals surface area contributed by atoms with Crippen LogP contribution in [0, 0.1) is 5.92 Å². The van der Waals surface area contributed by atoms with Crippen LogP contribution in [0.4, 0.5) is 5.69 Å². The van der Waals surface area contributed by atoms with Crippen molar-refractivity contribution in [2.45, 2.75) is 37.3 Å². The second-order valence-corrected chi connectivity index (χ2v) is 5.74. The zero-order chi connectivity index (χ0) is 14.4. The van der Waals surface area contributed by atoms with E-state index in [1.54, 1.807) is 6.07 Å². The SMILES string of the molecule is CCC(Sc1ccccc1NC(=O)C(C)C)C(=O)O. The van der Waals surface area contributed by atoms with Crippen molar-refractivity contribution in [2.75, 3.05) is 5.32 Å². The van der Waals surface area contributed by atoms with Crippen molar-refractivity contribution < 1.29 is 14.7 Å². The van der Waals surface area contributed by atoms with Crippen molar-refractivity contribution in [3.63, 3.8) is 0 Å². The fraction of sp³-hybridized carbons (Fsp3) is 0.429. The standard InChI is InChI=1S/C14H19NO3S/c1-4-11(14(17)18)19-12-8-6-5-7-10(12)15-13(16)9(2)3/h5-9,11H,4H2,1-3H3,(H,15,16)(H,17,18). The van der Waals surface area contributed by atoms with Crippen LogP contribution in [-0.2, 0) is 9.59 Å². The third-order valence-corrected chi connectivity index (χ3v) is 4.01. The van der Waals surface area contributed by atoms with Gasteiger partial charge in [-0.1, -0.05) is 32.9 Å². The first-order valence-electron chi connectivity index (χ1n) is 6.25. The number of anilines is 1. The number of nitrogens with one attached hydrogen (secondary N) is 1. The summed E-state index contributed by atoms with van der Waals surface area (Å²) in [7, 11) is 0. The van der Waals surface area contributed by atoms with Gasteiger partial charge in [0.15, 0.2) is 0 Å². The molecule has 1 amide bonds. The van der Waals surface area contributed by atoms with Gasteiger partial charge < -0.3 is 10.4 Å². The molecule has 1 aromatic carbocycles. The normalized spacial score (nSPS) is 12.2. The van der Waals surface area contributed by atoms with Crippen LogP contribution in [0.15, 0.2) is 29.2 Å². The minimum atomic E-state index is -0.836. The average Bonchev–Trinajstić information content (AvgIpc) is 2.37. The molecule has 1 atom stereocenters. The van der Waals surface area contributed by atoms with Crippen LogP contribution in [0.2, 0.25) is 0 Å². The van der Waals surface area contributed by atoms with Gasteiger partial charge in [0.1, 0.15) is 5.25 Å². The van der Waals surface area contributed by atoms with Crippen LogP contribution in [0.25, 0.3) is 0 Å². The van der Waals surface area contributed by atoms with Gasteiger partial charge in [-0.3, -0.25) is 9.59 Å². The second-order valence-electron chi connectivity index (χ2n) is 4.49. The topological polar surface area (TPSA) is 66.4 Å². The van der Waals surface area contributed by atoms with Gasteiger partial charge >= 0.3 is 5.97 Å². The zero-order valence-corrected chi connectivity index (χ0v) is 12.2. The van der Waals surface area contributed by atoms with Gasteiger partial charge in [0.2, 0.25) is 5.91 Å². The van der Waals surface area contributed by atoms with E-state index < -0.39 is 11.2 Å². The fourth-order valence-corrected chi connectivity index (χ4v) is 2.39.